The predicted octanol–water partition coefficient (Wildman–Crippen LogP) is 3.19. The number of fused-ring (bicyclic) bond motifs is 1. The lowest BCUT2D eigenvalue weighted by Gasteiger charge is -2.33. The molecular formula is C25H20ClF2N9O3. The molecule has 15 heteroatoms. The molecule has 2 amide bonds. The summed E-state index contributed by atoms with van der Waals surface area (Å²) in [6.07, 6.45) is 7.06. The summed E-state index contributed by atoms with van der Waals surface area (Å²) in [4.78, 5) is 43.0. The first-order valence-corrected chi connectivity index (χ1v) is 12.5. The zero-order valence-corrected chi connectivity index (χ0v) is 21.6. The summed E-state index contributed by atoms with van der Waals surface area (Å²) in [6, 6.07) is 3.78. The number of nitrogens with one attached hydrogen (secondary N) is 2. The molecule has 12 nitrogen and oxygen atoms in total. The summed E-state index contributed by atoms with van der Waals surface area (Å²) in [5.41, 5.74) is 3.02. The minimum atomic E-state index is -0.847. The van der Waals surface area contributed by atoms with Crippen LogP contribution < -0.4 is 5.48 Å². The smallest absolute Gasteiger partial charge is 0.296 e. The van der Waals surface area contributed by atoms with Gasteiger partial charge >= 0.3 is 0 Å². The number of rotatable bonds is 6. The molecule has 5 heterocycles. The van der Waals surface area contributed by atoms with Gasteiger partial charge in [0, 0.05) is 29.4 Å². The topological polar surface area (TPSA) is 144 Å². The van der Waals surface area contributed by atoms with E-state index in [2.05, 4.69) is 35.3 Å². The van der Waals surface area contributed by atoms with Gasteiger partial charge in [0.1, 0.15) is 12.2 Å². The number of nitrogens with zero attached hydrogens (tertiary/aromatic N) is 7. The minimum absolute atomic E-state index is 0.0822. The number of pyridine rings is 1. The van der Waals surface area contributed by atoms with Crippen LogP contribution in [-0.2, 0) is 9.63 Å². The highest BCUT2D eigenvalue weighted by atomic mass is 35.5. The van der Waals surface area contributed by atoms with Crippen LogP contribution in [-0.4, -0.2) is 65.0 Å². The van der Waals surface area contributed by atoms with Crippen molar-refractivity contribution in [3.63, 3.8) is 0 Å². The molecule has 0 spiro atoms. The van der Waals surface area contributed by atoms with E-state index in [1.54, 1.807) is 11.0 Å². The molecule has 204 valence electrons. The van der Waals surface area contributed by atoms with Gasteiger partial charge in [-0.05, 0) is 53.5 Å². The molecule has 2 atom stereocenters. The van der Waals surface area contributed by atoms with E-state index < -0.39 is 29.3 Å². The van der Waals surface area contributed by atoms with E-state index in [4.69, 9.17) is 11.6 Å². The summed E-state index contributed by atoms with van der Waals surface area (Å²) in [7, 11) is 1.23. The summed E-state index contributed by atoms with van der Waals surface area (Å²) in [5, 5.41) is 11.0. The molecule has 3 aromatic heterocycles. The van der Waals surface area contributed by atoms with E-state index in [0.29, 0.717) is 42.0 Å². The van der Waals surface area contributed by atoms with Gasteiger partial charge in [-0.15, -0.1) is 5.10 Å². The highest BCUT2D eigenvalue weighted by molar-refractivity contribution is 6.31. The fourth-order valence-electron chi connectivity index (χ4n) is 5.30. The fourth-order valence-corrected chi connectivity index (χ4v) is 5.46. The molecule has 40 heavy (non-hydrogen) atoms. The van der Waals surface area contributed by atoms with Crippen molar-refractivity contribution in [2.24, 2.45) is 0 Å². The molecule has 0 radical (unpaired) electrons. The van der Waals surface area contributed by atoms with Crippen LogP contribution in [0, 0.1) is 11.6 Å². The van der Waals surface area contributed by atoms with Gasteiger partial charge in [-0.25, -0.2) is 24.2 Å². The van der Waals surface area contributed by atoms with Crippen LogP contribution in [0.2, 0.25) is 5.02 Å². The van der Waals surface area contributed by atoms with E-state index in [9.17, 15) is 9.59 Å². The van der Waals surface area contributed by atoms with Gasteiger partial charge in [-0.3, -0.25) is 14.4 Å². The van der Waals surface area contributed by atoms with Gasteiger partial charge in [-0.1, -0.05) is 11.6 Å². The first kappa shape index (κ1) is 25.7. The summed E-state index contributed by atoms with van der Waals surface area (Å²) < 4.78 is 31.7. The van der Waals surface area contributed by atoms with Crippen LogP contribution in [0.1, 0.15) is 47.2 Å². The monoisotopic (exact) mass is 567 g/mol. The summed E-state index contributed by atoms with van der Waals surface area (Å²) in [6.45, 7) is 0. The quantitative estimate of drug-likeness (QED) is 0.338. The summed E-state index contributed by atoms with van der Waals surface area (Å²) >= 11 is 6.09. The van der Waals surface area contributed by atoms with Gasteiger partial charge in [0.2, 0.25) is 5.91 Å². The molecule has 2 aliphatic rings. The molecular weight excluding hydrogens is 548 g/mol. The third-order valence-electron chi connectivity index (χ3n) is 7.00. The Labute approximate surface area is 230 Å². The van der Waals surface area contributed by atoms with Crippen molar-refractivity contribution in [1.29, 1.82) is 0 Å². The molecule has 6 rings (SSSR count). The lowest BCUT2D eigenvalue weighted by atomic mass is 9.92. The van der Waals surface area contributed by atoms with Gasteiger partial charge in [0.25, 0.3) is 5.91 Å². The van der Waals surface area contributed by atoms with Crippen molar-refractivity contribution in [1.82, 2.24) is 45.5 Å². The molecule has 2 aliphatic heterocycles. The first-order valence-electron chi connectivity index (χ1n) is 12.1. The number of H-pyrrole nitrogens is 1. The van der Waals surface area contributed by atoms with Crippen LogP contribution in [0.3, 0.4) is 0 Å². The van der Waals surface area contributed by atoms with Crippen LogP contribution >= 0.6 is 11.6 Å². The predicted molar refractivity (Wildman–Crippen MR) is 136 cm³/mol. The second kappa shape index (κ2) is 10.2. The second-order valence-electron chi connectivity index (χ2n) is 9.21. The average molecular weight is 568 g/mol. The largest absolute Gasteiger partial charge is 0.340 e. The molecule has 2 N–H and O–H groups in total. The molecule has 1 fully saturated rings. The summed E-state index contributed by atoms with van der Waals surface area (Å²) in [5.74, 6) is -2.20. The number of hydroxylamine groups is 1. The maximum atomic E-state index is 15.3. The molecule has 4 aromatic rings. The van der Waals surface area contributed by atoms with E-state index in [1.165, 1.54) is 48.7 Å². The number of halogens is 3. The number of imidazole rings is 1. The number of amides is 2. The zero-order valence-electron chi connectivity index (χ0n) is 20.8. The molecule has 0 aliphatic carbocycles. The lowest BCUT2D eigenvalue weighted by molar-refractivity contribution is -0.129. The number of carbonyl (C=O) groups excluding carboxylic acids is 2. The number of hydrogen-bond donors (Lipinski definition) is 2. The van der Waals surface area contributed by atoms with Crippen LogP contribution in [0.15, 0.2) is 43.0 Å². The Morgan fingerprint density at radius 1 is 1.20 bits per heavy atom. The Morgan fingerprint density at radius 3 is 2.83 bits per heavy atom. The van der Waals surface area contributed by atoms with Crippen molar-refractivity contribution in [3.8, 4) is 16.9 Å². The Morgan fingerprint density at radius 2 is 2.05 bits per heavy atom. The highest BCUT2D eigenvalue weighted by Gasteiger charge is 2.42. The Balaban J connectivity index is 1.30. The number of aromatic amines is 1. The normalized spacial score (nSPS) is 18.6. The van der Waals surface area contributed by atoms with E-state index >= 15 is 8.78 Å². The zero-order chi connectivity index (χ0) is 28.0. The van der Waals surface area contributed by atoms with E-state index in [1.807, 2.05) is 5.48 Å². The van der Waals surface area contributed by atoms with Gasteiger partial charge < -0.3 is 9.88 Å². The fraction of sp³-hybridized carbons (Fsp3) is 0.240. The van der Waals surface area contributed by atoms with Crippen molar-refractivity contribution in [3.05, 3.63) is 76.7 Å². The van der Waals surface area contributed by atoms with Gasteiger partial charge in [0.05, 0.1) is 35.8 Å². The maximum Gasteiger partial charge on any atom is 0.296 e. The Hall–Kier alpha value is -4.56. The maximum absolute atomic E-state index is 15.3. The highest BCUT2D eigenvalue weighted by Crippen LogP contribution is 2.44. The Kier molecular flexibility index (Phi) is 6.56. The van der Waals surface area contributed by atoms with E-state index in [0.717, 1.165) is 0 Å². The number of carbonyl (C=O) groups is 2. The first-order chi connectivity index (χ1) is 19.4. The molecule has 0 bridgehead atoms. The van der Waals surface area contributed by atoms with Gasteiger partial charge in [-0.2, -0.15) is 4.68 Å². The molecule has 1 saturated heterocycles. The standard InChI is InChI=1S/C25H20ClF2N9O3/c1-40-33-25(39)23-21(27)14(6-7-29-23)16-10-30-24(32-16)18-4-2-13-8-12(9-19(38)37(13)18)20-17(36-11-31-34-35-36)5-3-15(26)22(20)28/h3,5-7,9-11,13,18H,2,4,8H2,1H3,(H,30,32)(H,33,39)/t13-,18+/m1/s1. The van der Waals surface area contributed by atoms with Crippen LogP contribution in [0.25, 0.3) is 22.5 Å². The molecule has 0 unspecified atom stereocenters. The number of benzene rings is 1. The SMILES string of the molecule is CONC(=O)c1nccc(-c2cnc([C@@H]3CC[C@@H]4CC(c5c(-n6cnnn6)ccc(Cl)c5F)=CC(=O)N43)[nH]2)c1F. The van der Waals surface area contributed by atoms with Crippen molar-refractivity contribution >= 4 is 29.0 Å². The van der Waals surface area contributed by atoms with Crippen LogP contribution in [0.4, 0.5) is 8.78 Å². The molecule has 1 aromatic carbocycles. The minimum Gasteiger partial charge on any atom is -0.340 e. The van der Waals surface area contributed by atoms with Crippen molar-refractivity contribution < 1.29 is 23.2 Å². The van der Waals surface area contributed by atoms with Crippen molar-refractivity contribution in [2.45, 2.75) is 31.3 Å². The average Bonchev–Trinajstić information content (AvgIpc) is 3.71. The second-order valence-corrected chi connectivity index (χ2v) is 9.62. The van der Waals surface area contributed by atoms with E-state index in [-0.39, 0.29) is 28.1 Å². The Bertz CT molecular complexity index is 1660. The number of hydrogen-bond acceptors (Lipinski definition) is 8. The number of aromatic nitrogens is 7. The van der Waals surface area contributed by atoms with Crippen LogP contribution in [0.5, 0.6) is 0 Å². The van der Waals surface area contributed by atoms with Crippen molar-refractivity contribution in [2.75, 3.05) is 7.11 Å². The molecule has 0 saturated carbocycles. The lowest BCUT2D eigenvalue weighted by Crippen LogP contribution is -2.39. The third-order valence-corrected chi connectivity index (χ3v) is 7.29. The third kappa shape index (κ3) is 4.30. The number of tetrazole rings is 1. The van der Waals surface area contributed by atoms with Gasteiger partial charge in [0.15, 0.2) is 17.3 Å².